The lowest BCUT2D eigenvalue weighted by Gasteiger charge is -2.42. The molecule has 5 atom stereocenters. The summed E-state index contributed by atoms with van der Waals surface area (Å²) in [5.74, 6) is -0.785. The molecule has 4 rings (SSSR count). The van der Waals surface area contributed by atoms with Crippen molar-refractivity contribution in [1.29, 1.82) is 0 Å². The predicted octanol–water partition coefficient (Wildman–Crippen LogP) is 6.21. The Morgan fingerprint density at radius 2 is 2.23 bits per heavy atom. The number of piperidine rings is 1. The largest absolute Gasteiger partial charge is 0.381 e. The summed E-state index contributed by atoms with van der Waals surface area (Å²) in [6.45, 7) is 9.85. The number of carbonyl (C=O) groups excluding carboxylic acids is 2. The van der Waals surface area contributed by atoms with Crippen molar-refractivity contribution < 1.29 is 18.7 Å². The molecule has 1 aromatic heterocycles. The summed E-state index contributed by atoms with van der Waals surface area (Å²) >= 11 is 1.55. The smallest absolute Gasteiger partial charge is 0.228 e. The number of rotatable bonds is 10. The van der Waals surface area contributed by atoms with Crippen molar-refractivity contribution in [3.63, 3.8) is 0 Å². The van der Waals surface area contributed by atoms with Gasteiger partial charge < -0.3 is 15.0 Å². The van der Waals surface area contributed by atoms with Gasteiger partial charge in [-0.1, -0.05) is 37.8 Å². The molecule has 0 spiro atoms. The third-order valence-corrected chi connectivity index (χ3v) is 9.61. The van der Waals surface area contributed by atoms with Gasteiger partial charge in [0.2, 0.25) is 12.3 Å². The molecule has 5 unspecified atom stereocenters. The van der Waals surface area contributed by atoms with Crippen LogP contribution in [0.15, 0.2) is 53.6 Å². The first-order chi connectivity index (χ1) is 19.4. The predicted molar refractivity (Wildman–Crippen MR) is 158 cm³/mol. The first-order valence-corrected chi connectivity index (χ1v) is 15.3. The number of halogens is 1. The van der Waals surface area contributed by atoms with Crippen molar-refractivity contribution in [3.05, 3.63) is 64.3 Å². The molecule has 0 bridgehead atoms. The fourth-order valence-electron chi connectivity index (χ4n) is 6.22. The first kappa shape index (κ1) is 30.2. The van der Waals surface area contributed by atoms with Crippen LogP contribution in [0.4, 0.5) is 4.39 Å². The van der Waals surface area contributed by atoms with Crippen LogP contribution in [0.25, 0.3) is 5.57 Å². The van der Waals surface area contributed by atoms with Gasteiger partial charge in [-0.25, -0.2) is 4.98 Å². The molecule has 2 aliphatic heterocycles. The van der Waals surface area contributed by atoms with E-state index in [0.29, 0.717) is 32.7 Å². The number of ether oxygens (including phenoxy) is 1. The monoisotopic (exact) mass is 567 g/mol. The van der Waals surface area contributed by atoms with Gasteiger partial charge in [0.15, 0.2) is 0 Å². The van der Waals surface area contributed by atoms with E-state index in [1.807, 2.05) is 41.5 Å². The van der Waals surface area contributed by atoms with Crippen LogP contribution in [0.3, 0.4) is 0 Å². The third-order valence-electron chi connectivity index (χ3n) is 8.67. The molecular formula is C32H42FN3O3S. The zero-order chi connectivity index (χ0) is 28.5. The highest BCUT2D eigenvalue weighted by molar-refractivity contribution is 7.09. The quantitative estimate of drug-likeness (QED) is 0.207. The maximum Gasteiger partial charge on any atom is 0.228 e. The van der Waals surface area contributed by atoms with Crippen LogP contribution in [-0.4, -0.2) is 55.2 Å². The van der Waals surface area contributed by atoms with E-state index in [0.717, 1.165) is 60.4 Å². The van der Waals surface area contributed by atoms with Gasteiger partial charge >= 0.3 is 0 Å². The van der Waals surface area contributed by atoms with Gasteiger partial charge in [0.1, 0.15) is 5.01 Å². The molecule has 8 heteroatoms. The number of thiazole rings is 1. The van der Waals surface area contributed by atoms with Crippen molar-refractivity contribution in [1.82, 2.24) is 15.2 Å². The Bertz CT molecular complexity index is 1170. The van der Waals surface area contributed by atoms with E-state index in [1.165, 1.54) is 0 Å². The fraction of sp³-hybridized carbons (Fsp3) is 0.562. The van der Waals surface area contributed by atoms with E-state index >= 15 is 0 Å². The summed E-state index contributed by atoms with van der Waals surface area (Å²) in [6, 6.07) is -0.127. The molecule has 2 fully saturated rings. The van der Waals surface area contributed by atoms with Crippen LogP contribution in [0.2, 0.25) is 0 Å². The highest BCUT2D eigenvalue weighted by Crippen LogP contribution is 2.43. The van der Waals surface area contributed by atoms with Gasteiger partial charge in [-0.05, 0) is 68.1 Å². The maximum atomic E-state index is 14.3. The average molecular weight is 568 g/mol. The molecule has 3 heterocycles. The second-order valence-corrected chi connectivity index (χ2v) is 12.3. The van der Waals surface area contributed by atoms with Gasteiger partial charge in [-0.2, -0.15) is 0 Å². The second-order valence-electron chi connectivity index (χ2n) is 11.4. The Morgan fingerprint density at radius 3 is 3.00 bits per heavy atom. The zero-order valence-corrected chi connectivity index (χ0v) is 24.6. The molecule has 6 nitrogen and oxygen atoms in total. The van der Waals surface area contributed by atoms with Crippen LogP contribution in [0.5, 0.6) is 0 Å². The van der Waals surface area contributed by atoms with Gasteiger partial charge in [0.05, 0.1) is 24.3 Å². The number of hydrogen-bond donors (Lipinski definition) is 1. The lowest BCUT2D eigenvalue weighted by atomic mass is 9.70. The van der Waals surface area contributed by atoms with Gasteiger partial charge in [-0.15, -0.1) is 17.1 Å². The molecular weight excluding hydrogens is 525 g/mol. The van der Waals surface area contributed by atoms with E-state index in [9.17, 15) is 14.0 Å². The van der Waals surface area contributed by atoms with E-state index in [2.05, 4.69) is 24.6 Å². The Hall–Kier alpha value is -2.80. The SMILES string of the molecule is C=C/C=C(/c1csc(C2CCCCN2C(=O)C(CNC=O)C2(C)CCCOCC2)n1)C1C=C=C(C)C=CC1CF. The zero-order valence-electron chi connectivity index (χ0n) is 23.7. The van der Waals surface area contributed by atoms with Crippen LogP contribution in [0.1, 0.15) is 69.1 Å². The number of aromatic nitrogens is 1. The molecule has 216 valence electrons. The molecule has 0 radical (unpaired) electrons. The topological polar surface area (TPSA) is 71.5 Å². The summed E-state index contributed by atoms with van der Waals surface area (Å²) in [6.07, 6.45) is 15.5. The van der Waals surface area contributed by atoms with Crippen LogP contribution >= 0.6 is 11.3 Å². The Balaban J connectivity index is 1.64. The van der Waals surface area contributed by atoms with E-state index in [1.54, 1.807) is 17.4 Å². The molecule has 1 aromatic rings. The summed E-state index contributed by atoms with van der Waals surface area (Å²) in [5, 5.41) is 5.72. The van der Waals surface area contributed by atoms with Crippen LogP contribution in [0, 0.1) is 23.2 Å². The maximum absolute atomic E-state index is 14.3. The Morgan fingerprint density at radius 1 is 1.38 bits per heavy atom. The average Bonchev–Trinajstić information content (AvgIpc) is 3.24. The minimum Gasteiger partial charge on any atom is -0.381 e. The molecule has 1 aliphatic carbocycles. The summed E-state index contributed by atoms with van der Waals surface area (Å²) in [5.41, 5.74) is 5.67. The Labute approximate surface area is 241 Å². The van der Waals surface area contributed by atoms with Crippen molar-refractivity contribution >= 4 is 29.2 Å². The van der Waals surface area contributed by atoms with Crippen molar-refractivity contribution in [2.45, 2.75) is 58.4 Å². The highest BCUT2D eigenvalue weighted by Gasteiger charge is 2.43. The summed E-state index contributed by atoms with van der Waals surface area (Å²) in [7, 11) is 0. The molecule has 3 aliphatic rings. The molecule has 2 saturated heterocycles. The van der Waals surface area contributed by atoms with Gasteiger partial charge in [0.25, 0.3) is 0 Å². The number of nitrogens with zero attached hydrogens (tertiary/aromatic N) is 2. The number of nitrogens with one attached hydrogen (secondary N) is 1. The molecule has 0 saturated carbocycles. The number of alkyl halides is 1. The lowest BCUT2D eigenvalue weighted by Crippen LogP contribution is -2.50. The molecule has 1 N–H and O–H groups in total. The van der Waals surface area contributed by atoms with Gasteiger partial charge in [-0.3, -0.25) is 14.0 Å². The number of carbonyl (C=O) groups is 2. The van der Waals surface area contributed by atoms with E-state index in [4.69, 9.17) is 9.72 Å². The minimum absolute atomic E-state index is 0.0806. The normalized spacial score (nSPS) is 28.3. The second kappa shape index (κ2) is 14.2. The van der Waals surface area contributed by atoms with Crippen LogP contribution < -0.4 is 5.32 Å². The van der Waals surface area contributed by atoms with E-state index in [-0.39, 0.29) is 35.1 Å². The summed E-state index contributed by atoms with van der Waals surface area (Å²) < 4.78 is 19.8. The van der Waals surface area contributed by atoms with Crippen molar-refractivity contribution in [2.24, 2.45) is 23.2 Å². The number of amides is 2. The number of allylic oxidation sites excluding steroid dienone is 6. The fourth-order valence-corrected chi connectivity index (χ4v) is 7.20. The minimum atomic E-state index is -0.483. The van der Waals surface area contributed by atoms with E-state index < -0.39 is 6.67 Å². The molecule has 2 amide bonds. The molecule has 40 heavy (non-hydrogen) atoms. The van der Waals surface area contributed by atoms with Crippen molar-refractivity contribution in [2.75, 3.05) is 33.0 Å². The molecule has 0 aromatic carbocycles. The van der Waals surface area contributed by atoms with Crippen LogP contribution in [-0.2, 0) is 14.3 Å². The first-order valence-electron chi connectivity index (χ1n) is 14.4. The Kier molecular flexibility index (Phi) is 10.7. The van der Waals surface area contributed by atoms with Gasteiger partial charge in [0, 0.05) is 43.5 Å². The number of hydrogen-bond acceptors (Lipinski definition) is 5. The lowest BCUT2D eigenvalue weighted by molar-refractivity contribution is -0.144. The third kappa shape index (κ3) is 6.91. The standard InChI is InChI=1S/C32H42FN3O3S/c1-4-8-26(25-13-11-23(2)10-12-24(25)19-33)28-21-40-30(35-28)29-9-5-6-16-36(29)31(38)27(20-34-22-37)32(3)14-7-17-39-18-15-32/h4,8,10,12-13,21-22,24-25,27,29H,1,5-7,9,14-20H2,2-3H3,(H,34,37)/b26-8+. The van der Waals surface area contributed by atoms with Crippen molar-refractivity contribution in [3.8, 4) is 0 Å². The number of likely N-dealkylation sites (tertiary alicyclic amines) is 1. The summed E-state index contributed by atoms with van der Waals surface area (Å²) in [4.78, 5) is 32.6. The highest BCUT2D eigenvalue weighted by atomic mass is 32.1.